The number of anilines is 1. The summed E-state index contributed by atoms with van der Waals surface area (Å²) in [7, 11) is 0.973. The van der Waals surface area contributed by atoms with Gasteiger partial charge >= 0.3 is 0 Å². The molecule has 0 saturated carbocycles. The molecule has 1 aliphatic rings. The normalized spacial score (nSPS) is 22.0. The molecule has 1 aromatic carbocycles. The second kappa shape index (κ2) is 7.33. The average molecular weight is 326 g/mol. The number of halogens is 1. The third-order valence-electron chi connectivity index (χ3n) is 4.22. The van der Waals surface area contributed by atoms with Crippen LogP contribution in [0.1, 0.15) is 19.8 Å². The number of hydrogen-bond donors (Lipinski definition) is 0. The number of benzene rings is 1. The fraction of sp³-hybridized carbons (Fsp3) is 0.562. The first-order valence-electron chi connectivity index (χ1n) is 7.49. The van der Waals surface area contributed by atoms with E-state index < -0.39 is 10.8 Å². The molecule has 0 N–H and O–H groups in total. The molecule has 6 heteroatoms. The van der Waals surface area contributed by atoms with Crippen LogP contribution in [0.2, 0.25) is 0 Å². The maximum Gasteiger partial charge on any atom is 0.244 e. The van der Waals surface area contributed by atoms with Crippen molar-refractivity contribution in [3.63, 3.8) is 0 Å². The third kappa shape index (κ3) is 3.73. The van der Waals surface area contributed by atoms with Gasteiger partial charge in [0.1, 0.15) is 5.82 Å². The minimum absolute atomic E-state index is 0.0420. The number of para-hydroxylation sites is 1. The molecule has 0 bridgehead atoms. The number of nitrogens with zero attached hydrogens (tertiary/aromatic N) is 2. The summed E-state index contributed by atoms with van der Waals surface area (Å²) in [5.74, 6) is 0.0782. The van der Waals surface area contributed by atoms with Crippen LogP contribution in [0.15, 0.2) is 24.3 Å². The van der Waals surface area contributed by atoms with Crippen LogP contribution in [0.25, 0.3) is 0 Å². The molecule has 1 heterocycles. The number of likely N-dealkylation sites (N-methyl/N-ethyl adjacent to an activating group) is 1. The maximum atomic E-state index is 14.0. The largest absolute Gasteiger partial charge is 0.308 e. The Hall–Kier alpha value is -1.27. The highest BCUT2D eigenvalue weighted by Gasteiger charge is 2.35. The highest BCUT2D eigenvalue weighted by Crippen LogP contribution is 2.26. The Morgan fingerprint density at radius 3 is 2.77 bits per heavy atom. The summed E-state index contributed by atoms with van der Waals surface area (Å²) < 4.78 is 25.4. The van der Waals surface area contributed by atoms with Crippen molar-refractivity contribution in [3.8, 4) is 0 Å². The number of hydrogen-bond acceptors (Lipinski definition) is 3. The van der Waals surface area contributed by atoms with Crippen LogP contribution in [0.3, 0.4) is 0 Å². The van der Waals surface area contributed by atoms with Gasteiger partial charge in [0.25, 0.3) is 0 Å². The summed E-state index contributed by atoms with van der Waals surface area (Å²) in [5.41, 5.74) is 0.345. The minimum atomic E-state index is -0.907. The van der Waals surface area contributed by atoms with E-state index in [2.05, 4.69) is 0 Å². The van der Waals surface area contributed by atoms with Gasteiger partial charge < -0.3 is 4.90 Å². The topological polar surface area (TPSA) is 40.6 Å². The van der Waals surface area contributed by atoms with E-state index in [-0.39, 0.29) is 23.8 Å². The van der Waals surface area contributed by atoms with Crippen molar-refractivity contribution in [1.82, 2.24) is 4.90 Å². The Bertz CT molecular complexity index is 567. The van der Waals surface area contributed by atoms with E-state index in [0.717, 1.165) is 12.8 Å². The quantitative estimate of drug-likeness (QED) is 0.831. The maximum absolute atomic E-state index is 14.0. The van der Waals surface area contributed by atoms with Gasteiger partial charge in [-0.05, 0) is 38.9 Å². The Labute approximate surface area is 133 Å². The molecule has 1 aliphatic heterocycles. The fourth-order valence-corrected chi connectivity index (χ4v) is 3.82. The van der Waals surface area contributed by atoms with Crippen molar-refractivity contribution >= 4 is 22.4 Å². The lowest BCUT2D eigenvalue weighted by atomic mass is 10.0. The molecule has 0 unspecified atom stereocenters. The van der Waals surface area contributed by atoms with Crippen molar-refractivity contribution in [2.45, 2.75) is 31.8 Å². The van der Waals surface area contributed by atoms with Crippen LogP contribution in [-0.4, -0.2) is 52.7 Å². The predicted octanol–water partition coefficient (Wildman–Crippen LogP) is 2.02. The molecule has 0 aromatic heterocycles. The van der Waals surface area contributed by atoms with Gasteiger partial charge in [-0.1, -0.05) is 12.1 Å². The Morgan fingerprint density at radius 2 is 2.14 bits per heavy atom. The summed E-state index contributed by atoms with van der Waals surface area (Å²) in [6, 6.07) is 6.13. The molecular weight excluding hydrogens is 303 g/mol. The van der Waals surface area contributed by atoms with Crippen LogP contribution in [0.4, 0.5) is 10.1 Å². The van der Waals surface area contributed by atoms with Gasteiger partial charge in [-0.15, -0.1) is 0 Å². The average Bonchev–Trinajstić information content (AvgIpc) is 2.47. The van der Waals surface area contributed by atoms with Crippen LogP contribution < -0.4 is 4.90 Å². The van der Waals surface area contributed by atoms with E-state index in [1.54, 1.807) is 24.5 Å². The molecule has 4 nitrogen and oxygen atoms in total. The van der Waals surface area contributed by atoms with Crippen molar-refractivity contribution in [1.29, 1.82) is 0 Å². The molecule has 1 saturated heterocycles. The molecule has 1 fully saturated rings. The second-order valence-corrected chi connectivity index (χ2v) is 7.33. The van der Waals surface area contributed by atoms with Gasteiger partial charge in [0, 0.05) is 35.4 Å². The molecular formula is C16H23FN2O2S. The van der Waals surface area contributed by atoms with Gasteiger partial charge in [0.2, 0.25) is 5.91 Å². The number of carbonyl (C=O) groups excluding carboxylic acids is 1. The van der Waals surface area contributed by atoms with Gasteiger partial charge in [-0.25, -0.2) is 4.39 Å². The molecule has 0 aliphatic carbocycles. The van der Waals surface area contributed by atoms with Crippen LogP contribution in [0.5, 0.6) is 0 Å². The second-order valence-electron chi connectivity index (χ2n) is 5.85. The summed E-state index contributed by atoms with van der Waals surface area (Å²) in [4.78, 5) is 16.3. The van der Waals surface area contributed by atoms with Crippen LogP contribution in [0, 0.1) is 5.82 Å². The van der Waals surface area contributed by atoms with Crippen LogP contribution in [-0.2, 0) is 15.6 Å². The summed E-state index contributed by atoms with van der Waals surface area (Å²) in [5, 5.41) is 0. The fourth-order valence-electron chi connectivity index (χ4n) is 2.91. The van der Waals surface area contributed by atoms with E-state index in [4.69, 9.17) is 0 Å². The zero-order valence-corrected chi connectivity index (χ0v) is 14.1. The van der Waals surface area contributed by atoms with Crippen molar-refractivity contribution in [3.05, 3.63) is 30.1 Å². The number of carbonyl (C=O) groups is 1. The minimum Gasteiger partial charge on any atom is -0.308 e. The molecule has 1 amide bonds. The summed E-state index contributed by atoms with van der Waals surface area (Å²) in [6.45, 7) is 2.51. The van der Waals surface area contributed by atoms with E-state index in [0.29, 0.717) is 18.0 Å². The van der Waals surface area contributed by atoms with E-state index in [1.165, 1.54) is 11.0 Å². The van der Waals surface area contributed by atoms with Crippen molar-refractivity contribution in [2.75, 3.05) is 30.5 Å². The van der Waals surface area contributed by atoms with Crippen molar-refractivity contribution in [2.24, 2.45) is 0 Å². The number of rotatable bonds is 5. The monoisotopic (exact) mass is 326 g/mol. The molecule has 0 spiro atoms. The zero-order chi connectivity index (χ0) is 16.3. The Morgan fingerprint density at radius 1 is 1.45 bits per heavy atom. The van der Waals surface area contributed by atoms with Crippen molar-refractivity contribution < 1.29 is 13.4 Å². The lowest BCUT2D eigenvalue weighted by Crippen LogP contribution is -2.54. The first kappa shape index (κ1) is 17.1. The highest BCUT2D eigenvalue weighted by molar-refractivity contribution is 7.84. The smallest absolute Gasteiger partial charge is 0.244 e. The molecule has 0 radical (unpaired) electrons. The number of amides is 1. The van der Waals surface area contributed by atoms with E-state index in [9.17, 15) is 13.4 Å². The zero-order valence-electron chi connectivity index (χ0n) is 13.3. The molecule has 122 valence electrons. The highest BCUT2D eigenvalue weighted by atomic mass is 32.2. The van der Waals surface area contributed by atoms with Crippen LogP contribution >= 0.6 is 0 Å². The molecule has 3 atom stereocenters. The molecule has 2 rings (SSSR count). The van der Waals surface area contributed by atoms with Gasteiger partial charge in [-0.2, -0.15) is 0 Å². The first-order valence-corrected chi connectivity index (χ1v) is 9.22. The van der Waals surface area contributed by atoms with Gasteiger partial charge in [-0.3, -0.25) is 13.9 Å². The standard InChI is InChI=1S/C16H23FN2O2S/c1-12(11-22(3)21)18(2)15-9-6-10-19(16(15)20)14-8-5-4-7-13(14)17/h4-5,7-8,12,15H,6,9-11H2,1-3H3/t12-,15-,22+/m1/s1. The Kier molecular flexibility index (Phi) is 5.69. The lowest BCUT2D eigenvalue weighted by Gasteiger charge is -2.39. The third-order valence-corrected chi connectivity index (χ3v) is 5.17. The Balaban J connectivity index is 2.16. The lowest BCUT2D eigenvalue weighted by molar-refractivity contribution is -0.125. The SMILES string of the molecule is C[C@H](C[S@](C)=O)N(C)[C@@H]1CCCN(c2ccccc2F)C1=O. The van der Waals surface area contributed by atoms with E-state index >= 15 is 0 Å². The predicted molar refractivity (Wildman–Crippen MR) is 87.9 cm³/mol. The number of piperidine rings is 1. The molecule has 1 aromatic rings. The van der Waals surface area contributed by atoms with Gasteiger partial charge in [0.15, 0.2) is 0 Å². The summed E-state index contributed by atoms with van der Waals surface area (Å²) in [6.07, 6.45) is 3.25. The molecule has 22 heavy (non-hydrogen) atoms. The van der Waals surface area contributed by atoms with Gasteiger partial charge in [0.05, 0.1) is 11.7 Å². The van der Waals surface area contributed by atoms with E-state index in [1.807, 2.05) is 18.9 Å². The first-order chi connectivity index (χ1) is 10.4. The summed E-state index contributed by atoms with van der Waals surface area (Å²) >= 11 is 0.